The van der Waals surface area contributed by atoms with Crippen LogP contribution in [0.25, 0.3) is 0 Å². The molecular formula is C13H23N3OS. The summed E-state index contributed by atoms with van der Waals surface area (Å²) in [6.07, 6.45) is 4.63. The van der Waals surface area contributed by atoms with Gasteiger partial charge < -0.3 is 10.6 Å². The molecule has 5 heteroatoms. The van der Waals surface area contributed by atoms with E-state index < -0.39 is 0 Å². The largest absolute Gasteiger partial charge is 0.378 e. The van der Waals surface area contributed by atoms with E-state index in [0.29, 0.717) is 5.56 Å². The van der Waals surface area contributed by atoms with Crippen molar-refractivity contribution in [3.05, 3.63) is 11.3 Å². The first-order valence-corrected chi connectivity index (χ1v) is 7.32. The fourth-order valence-electron chi connectivity index (χ4n) is 1.88. The lowest BCUT2D eigenvalue weighted by Gasteiger charge is -2.14. The van der Waals surface area contributed by atoms with E-state index in [1.807, 2.05) is 14.0 Å². The smallest absolute Gasteiger partial charge is 0.256 e. The first-order chi connectivity index (χ1) is 8.60. The highest BCUT2D eigenvalue weighted by Crippen LogP contribution is 2.23. The summed E-state index contributed by atoms with van der Waals surface area (Å²) in [5, 5.41) is 6.90. The van der Waals surface area contributed by atoms with Crippen molar-refractivity contribution < 1.29 is 4.79 Å². The van der Waals surface area contributed by atoms with Gasteiger partial charge in [-0.2, -0.15) is 4.37 Å². The highest BCUT2D eigenvalue weighted by Gasteiger charge is 2.18. The molecule has 1 heterocycles. The van der Waals surface area contributed by atoms with Crippen molar-refractivity contribution in [3.63, 3.8) is 0 Å². The first-order valence-electron chi connectivity index (χ1n) is 6.55. The van der Waals surface area contributed by atoms with Gasteiger partial charge in [0.25, 0.3) is 5.91 Å². The van der Waals surface area contributed by atoms with Crippen molar-refractivity contribution in [2.45, 2.75) is 52.5 Å². The van der Waals surface area contributed by atoms with E-state index in [1.54, 1.807) is 0 Å². The number of aryl methyl sites for hydroxylation is 1. The zero-order valence-corrected chi connectivity index (χ0v) is 12.5. The highest BCUT2D eigenvalue weighted by atomic mass is 32.1. The Morgan fingerprint density at radius 2 is 2.17 bits per heavy atom. The predicted octanol–water partition coefficient (Wildman–Crippen LogP) is 3.19. The number of anilines is 1. The molecule has 0 aliphatic heterocycles. The van der Waals surface area contributed by atoms with Gasteiger partial charge in [0.2, 0.25) is 0 Å². The Balaban J connectivity index is 2.56. The maximum atomic E-state index is 12.2. The van der Waals surface area contributed by atoms with Gasteiger partial charge in [-0.1, -0.05) is 26.2 Å². The monoisotopic (exact) mass is 269 g/mol. The van der Waals surface area contributed by atoms with Crippen LogP contribution >= 0.6 is 11.5 Å². The number of amides is 1. The summed E-state index contributed by atoms with van der Waals surface area (Å²) < 4.78 is 4.21. The molecule has 0 radical (unpaired) electrons. The van der Waals surface area contributed by atoms with Gasteiger partial charge in [-0.25, -0.2) is 0 Å². The molecule has 1 aromatic heterocycles. The molecule has 0 aromatic carbocycles. The fourth-order valence-corrected chi connectivity index (χ4v) is 2.62. The molecule has 0 fully saturated rings. The molecule has 1 aromatic rings. The van der Waals surface area contributed by atoms with Crippen LogP contribution in [0.15, 0.2) is 0 Å². The molecule has 0 aliphatic carbocycles. The fraction of sp³-hybridized carbons (Fsp3) is 0.692. The number of nitrogens with one attached hydrogen (secondary N) is 2. The molecule has 0 bridgehead atoms. The van der Waals surface area contributed by atoms with Crippen molar-refractivity contribution in [3.8, 4) is 0 Å². The van der Waals surface area contributed by atoms with Crippen LogP contribution in [0.3, 0.4) is 0 Å². The number of unbranched alkanes of at least 4 members (excludes halogenated alkanes) is 2. The van der Waals surface area contributed by atoms with Gasteiger partial charge in [0.1, 0.15) is 5.00 Å². The Morgan fingerprint density at radius 3 is 2.78 bits per heavy atom. The molecule has 102 valence electrons. The van der Waals surface area contributed by atoms with Crippen molar-refractivity contribution in [2.24, 2.45) is 0 Å². The third kappa shape index (κ3) is 3.98. The maximum absolute atomic E-state index is 12.2. The third-order valence-corrected chi connectivity index (χ3v) is 3.89. The van der Waals surface area contributed by atoms with E-state index in [1.165, 1.54) is 24.4 Å². The van der Waals surface area contributed by atoms with Crippen LogP contribution in [0.4, 0.5) is 5.00 Å². The SMILES string of the molecule is CCCCCC(C)NC(=O)c1c(C)nsc1NC. The molecule has 0 aliphatic rings. The van der Waals surface area contributed by atoms with Crippen LogP contribution in [0.5, 0.6) is 0 Å². The Morgan fingerprint density at radius 1 is 1.44 bits per heavy atom. The molecule has 1 unspecified atom stereocenters. The van der Waals surface area contributed by atoms with Gasteiger partial charge in [-0.05, 0) is 31.8 Å². The molecule has 1 amide bonds. The van der Waals surface area contributed by atoms with Crippen LogP contribution < -0.4 is 10.6 Å². The van der Waals surface area contributed by atoms with Gasteiger partial charge in [0, 0.05) is 13.1 Å². The average Bonchev–Trinajstić information content (AvgIpc) is 2.70. The molecule has 0 saturated carbocycles. The number of hydrogen-bond acceptors (Lipinski definition) is 4. The highest BCUT2D eigenvalue weighted by molar-refractivity contribution is 7.10. The summed E-state index contributed by atoms with van der Waals surface area (Å²) >= 11 is 1.33. The van der Waals surface area contributed by atoms with E-state index in [0.717, 1.165) is 23.5 Å². The Kier molecular flexibility index (Phi) is 6.12. The van der Waals surface area contributed by atoms with Crippen molar-refractivity contribution in [1.29, 1.82) is 0 Å². The number of hydrogen-bond donors (Lipinski definition) is 2. The lowest BCUT2D eigenvalue weighted by molar-refractivity contribution is 0.0938. The molecule has 0 saturated heterocycles. The Hall–Kier alpha value is -1.10. The lowest BCUT2D eigenvalue weighted by atomic mass is 10.1. The molecule has 1 rings (SSSR count). The van der Waals surface area contributed by atoms with E-state index >= 15 is 0 Å². The minimum absolute atomic E-state index is 0.0189. The lowest BCUT2D eigenvalue weighted by Crippen LogP contribution is -2.33. The van der Waals surface area contributed by atoms with E-state index in [9.17, 15) is 4.79 Å². The second-order valence-electron chi connectivity index (χ2n) is 4.59. The number of carbonyl (C=O) groups is 1. The van der Waals surface area contributed by atoms with Crippen LogP contribution in [0.1, 0.15) is 55.6 Å². The van der Waals surface area contributed by atoms with Crippen LogP contribution in [-0.4, -0.2) is 23.4 Å². The zero-order valence-electron chi connectivity index (χ0n) is 11.7. The topological polar surface area (TPSA) is 54.0 Å². The van der Waals surface area contributed by atoms with Gasteiger partial charge in [0.15, 0.2) is 0 Å². The van der Waals surface area contributed by atoms with Gasteiger partial charge in [0.05, 0.1) is 11.3 Å². The average molecular weight is 269 g/mol. The summed E-state index contributed by atoms with van der Waals surface area (Å²) in [5.74, 6) is -0.0189. The maximum Gasteiger partial charge on any atom is 0.256 e. The minimum atomic E-state index is -0.0189. The summed E-state index contributed by atoms with van der Waals surface area (Å²) in [4.78, 5) is 12.2. The minimum Gasteiger partial charge on any atom is -0.378 e. The number of carbonyl (C=O) groups excluding carboxylic acids is 1. The van der Waals surface area contributed by atoms with Crippen LogP contribution in [0, 0.1) is 6.92 Å². The summed E-state index contributed by atoms with van der Waals surface area (Å²) in [6, 6.07) is 0.216. The van der Waals surface area contributed by atoms with Gasteiger partial charge in [-0.15, -0.1) is 0 Å². The summed E-state index contributed by atoms with van der Waals surface area (Å²) in [6.45, 7) is 6.11. The second-order valence-corrected chi connectivity index (χ2v) is 5.37. The molecule has 2 N–H and O–H groups in total. The Labute approximate surface area is 113 Å². The van der Waals surface area contributed by atoms with Crippen molar-refractivity contribution >= 4 is 22.4 Å². The van der Waals surface area contributed by atoms with E-state index in [2.05, 4.69) is 28.9 Å². The van der Waals surface area contributed by atoms with E-state index in [4.69, 9.17) is 0 Å². The first kappa shape index (κ1) is 15.0. The van der Waals surface area contributed by atoms with Gasteiger partial charge in [-0.3, -0.25) is 4.79 Å². The molecule has 1 atom stereocenters. The second kappa shape index (κ2) is 7.36. The molecular weight excluding hydrogens is 246 g/mol. The molecule has 0 spiro atoms. The standard InChI is InChI=1S/C13H23N3OS/c1-5-6-7-8-9(2)15-12(17)11-10(3)16-18-13(11)14-4/h9,14H,5-8H2,1-4H3,(H,15,17). The number of rotatable bonds is 7. The van der Waals surface area contributed by atoms with Crippen molar-refractivity contribution in [1.82, 2.24) is 9.69 Å². The van der Waals surface area contributed by atoms with Gasteiger partial charge >= 0.3 is 0 Å². The summed E-state index contributed by atoms with van der Waals surface area (Å²) in [5.41, 5.74) is 1.48. The van der Waals surface area contributed by atoms with Crippen LogP contribution in [0.2, 0.25) is 0 Å². The van der Waals surface area contributed by atoms with Crippen molar-refractivity contribution in [2.75, 3.05) is 12.4 Å². The van der Waals surface area contributed by atoms with E-state index in [-0.39, 0.29) is 11.9 Å². The van der Waals surface area contributed by atoms with Crippen LogP contribution in [-0.2, 0) is 0 Å². The zero-order chi connectivity index (χ0) is 13.5. The third-order valence-electron chi connectivity index (χ3n) is 2.94. The molecule has 4 nitrogen and oxygen atoms in total. The predicted molar refractivity (Wildman–Crippen MR) is 77.5 cm³/mol. The normalized spacial score (nSPS) is 12.2. The quantitative estimate of drug-likeness (QED) is 0.747. The Bertz CT molecular complexity index is 390. The summed E-state index contributed by atoms with van der Waals surface area (Å²) in [7, 11) is 1.81. The molecule has 18 heavy (non-hydrogen) atoms. The number of aromatic nitrogens is 1. The number of nitrogens with zero attached hydrogens (tertiary/aromatic N) is 1.